The van der Waals surface area contributed by atoms with Crippen LogP contribution >= 0.6 is 0 Å². The maximum atomic E-state index is 9.55. The van der Waals surface area contributed by atoms with Gasteiger partial charge >= 0.3 is 0 Å². The van der Waals surface area contributed by atoms with Gasteiger partial charge in [-0.1, -0.05) is 23.8 Å². The predicted octanol–water partition coefficient (Wildman–Crippen LogP) is 2.39. The normalized spacial score (nSPS) is 30.4. The lowest BCUT2D eigenvalue weighted by Gasteiger charge is -2.37. The molecule has 88 valence electrons. The van der Waals surface area contributed by atoms with Gasteiger partial charge in [0.15, 0.2) is 0 Å². The van der Waals surface area contributed by atoms with Crippen LogP contribution in [0.2, 0.25) is 0 Å². The van der Waals surface area contributed by atoms with E-state index in [1.54, 1.807) is 0 Å². The highest BCUT2D eigenvalue weighted by atomic mass is 16.3. The van der Waals surface area contributed by atoms with Crippen molar-refractivity contribution in [1.82, 2.24) is 0 Å². The Hall–Kier alpha value is -0.860. The number of rotatable bonds is 1. The summed E-state index contributed by atoms with van der Waals surface area (Å²) >= 11 is 0. The Kier molecular flexibility index (Phi) is 3.04. The summed E-state index contributed by atoms with van der Waals surface area (Å²) in [6.07, 6.45) is 3.27. The van der Waals surface area contributed by atoms with Gasteiger partial charge in [-0.15, -0.1) is 0 Å². The Bertz CT molecular complexity index is 378. The summed E-state index contributed by atoms with van der Waals surface area (Å²) < 4.78 is 0. The molecule has 2 heteroatoms. The van der Waals surface area contributed by atoms with Crippen LogP contribution in [-0.4, -0.2) is 11.2 Å². The molecule has 0 aromatic heterocycles. The van der Waals surface area contributed by atoms with E-state index in [9.17, 15) is 5.11 Å². The third kappa shape index (κ3) is 2.13. The summed E-state index contributed by atoms with van der Waals surface area (Å²) in [6.45, 7) is 4.23. The van der Waals surface area contributed by atoms with Crippen molar-refractivity contribution in [2.24, 2.45) is 5.73 Å². The second-order valence-electron chi connectivity index (χ2n) is 5.21. The summed E-state index contributed by atoms with van der Waals surface area (Å²) in [5, 5.41) is 9.55. The van der Waals surface area contributed by atoms with Gasteiger partial charge in [0.2, 0.25) is 0 Å². The van der Waals surface area contributed by atoms with Crippen LogP contribution in [0.1, 0.15) is 42.4 Å². The summed E-state index contributed by atoms with van der Waals surface area (Å²) in [4.78, 5) is 0. The number of benzene rings is 1. The number of hydrogen-bond acceptors (Lipinski definition) is 2. The van der Waals surface area contributed by atoms with Crippen LogP contribution in [-0.2, 0) is 5.54 Å². The van der Waals surface area contributed by atoms with Gasteiger partial charge in [-0.05, 0) is 50.7 Å². The van der Waals surface area contributed by atoms with Crippen molar-refractivity contribution >= 4 is 0 Å². The third-order valence-electron chi connectivity index (χ3n) is 3.77. The average molecular weight is 219 g/mol. The third-order valence-corrected chi connectivity index (χ3v) is 3.77. The first kappa shape index (κ1) is 11.6. The average Bonchev–Trinajstić information content (AvgIpc) is 2.22. The van der Waals surface area contributed by atoms with Crippen LogP contribution < -0.4 is 5.73 Å². The highest BCUT2D eigenvalue weighted by molar-refractivity contribution is 5.36. The van der Waals surface area contributed by atoms with E-state index in [0.717, 1.165) is 25.7 Å². The van der Waals surface area contributed by atoms with Crippen molar-refractivity contribution in [1.29, 1.82) is 0 Å². The van der Waals surface area contributed by atoms with Crippen molar-refractivity contribution in [3.63, 3.8) is 0 Å². The molecule has 0 saturated heterocycles. The molecular weight excluding hydrogens is 198 g/mol. The molecule has 0 unspecified atom stereocenters. The van der Waals surface area contributed by atoms with Crippen LogP contribution in [0.4, 0.5) is 0 Å². The van der Waals surface area contributed by atoms with Crippen molar-refractivity contribution in [2.75, 3.05) is 0 Å². The highest BCUT2D eigenvalue weighted by Crippen LogP contribution is 2.36. The van der Waals surface area contributed by atoms with Gasteiger partial charge in [0, 0.05) is 5.54 Å². The molecule has 0 atom stereocenters. The number of hydrogen-bond donors (Lipinski definition) is 2. The molecule has 1 saturated carbocycles. The van der Waals surface area contributed by atoms with Crippen LogP contribution in [0.15, 0.2) is 18.2 Å². The van der Waals surface area contributed by atoms with E-state index in [-0.39, 0.29) is 11.6 Å². The molecule has 0 radical (unpaired) electrons. The van der Waals surface area contributed by atoms with Gasteiger partial charge in [0.25, 0.3) is 0 Å². The molecular formula is C14H21NO. The van der Waals surface area contributed by atoms with Gasteiger partial charge in [-0.2, -0.15) is 0 Å². The molecule has 2 rings (SSSR count). The van der Waals surface area contributed by atoms with Gasteiger partial charge < -0.3 is 10.8 Å². The molecule has 0 bridgehead atoms. The highest BCUT2D eigenvalue weighted by Gasteiger charge is 2.33. The van der Waals surface area contributed by atoms with Gasteiger partial charge in [0.05, 0.1) is 6.10 Å². The molecule has 1 aromatic carbocycles. The quantitative estimate of drug-likeness (QED) is 0.762. The SMILES string of the molecule is Cc1ccc(C2(N)CCC(O)CC2)c(C)c1. The van der Waals surface area contributed by atoms with E-state index in [1.807, 2.05) is 0 Å². The van der Waals surface area contributed by atoms with Crippen LogP contribution in [0.5, 0.6) is 0 Å². The number of aliphatic hydroxyl groups excluding tert-OH is 1. The Morgan fingerprint density at radius 3 is 2.44 bits per heavy atom. The summed E-state index contributed by atoms with van der Waals surface area (Å²) in [6, 6.07) is 6.47. The molecule has 1 aliphatic rings. The van der Waals surface area contributed by atoms with Crippen molar-refractivity contribution in [2.45, 2.75) is 51.2 Å². The van der Waals surface area contributed by atoms with Crippen molar-refractivity contribution in [3.8, 4) is 0 Å². The largest absolute Gasteiger partial charge is 0.393 e. The zero-order valence-corrected chi connectivity index (χ0v) is 10.2. The Balaban J connectivity index is 2.29. The fourth-order valence-corrected chi connectivity index (χ4v) is 2.76. The monoisotopic (exact) mass is 219 g/mol. The first-order chi connectivity index (χ1) is 7.51. The van der Waals surface area contributed by atoms with E-state index in [4.69, 9.17) is 5.73 Å². The second kappa shape index (κ2) is 4.19. The standard InChI is InChI=1S/C14H21NO/c1-10-3-4-13(11(2)9-10)14(15)7-5-12(16)6-8-14/h3-4,9,12,16H,5-8,15H2,1-2H3. The first-order valence-electron chi connectivity index (χ1n) is 6.06. The first-order valence-corrected chi connectivity index (χ1v) is 6.06. The molecule has 0 spiro atoms. The van der Waals surface area contributed by atoms with Crippen LogP contribution in [0.25, 0.3) is 0 Å². The Morgan fingerprint density at radius 2 is 1.88 bits per heavy atom. The lowest BCUT2D eigenvalue weighted by Crippen LogP contribution is -2.42. The number of nitrogens with two attached hydrogens (primary N) is 1. The van der Waals surface area contributed by atoms with Gasteiger partial charge in [-0.25, -0.2) is 0 Å². The van der Waals surface area contributed by atoms with E-state index < -0.39 is 0 Å². The molecule has 1 aromatic rings. The Morgan fingerprint density at radius 1 is 1.25 bits per heavy atom. The molecule has 0 heterocycles. The topological polar surface area (TPSA) is 46.2 Å². The molecule has 2 nitrogen and oxygen atoms in total. The zero-order valence-electron chi connectivity index (χ0n) is 10.2. The van der Waals surface area contributed by atoms with E-state index >= 15 is 0 Å². The number of aliphatic hydroxyl groups is 1. The molecule has 16 heavy (non-hydrogen) atoms. The summed E-state index contributed by atoms with van der Waals surface area (Å²) in [7, 11) is 0. The summed E-state index contributed by atoms with van der Waals surface area (Å²) in [5.74, 6) is 0. The molecule has 1 aliphatic carbocycles. The maximum Gasteiger partial charge on any atom is 0.0541 e. The van der Waals surface area contributed by atoms with E-state index in [1.165, 1.54) is 16.7 Å². The second-order valence-corrected chi connectivity index (χ2v) is 5.21. The predicted molar refractivity (Wildman–Crippen MR) is 66.3 cm³/mol. The lowest BCUT2D eigenvalue weighted by atomic mass is 9.75. The fourth-order valence-electron chi connectivity index (χ4n) is 2.76. The van der Waals surface area contributed by atoms with Crippen LogP contribution in [0, 0.1) is 13.8 Å². The minimum Gasteiger partial charge on any atom is -0.393 e. The Labute approximate surface area is 97.5 Å². The van der Waals surface area contributed by atoms with Crippen molar-refractivity contribution < 1.29 is 5.11 Å². The fraction of sp³-hybridized carbons (Fsp3) is 0.571. The van der Waals surface area contributed by atoms with E-state index in [0.29, 0.717) is 0 Å². The minimum atomic E-state index is -0.225. The smallest absolute Gasteiger partial charge is 0.0541 e. The lowest BCUT2D eigenvalue weighted by molar-refractivity contribution is 0.0967. The van der Waals surface area contributed by atoms with Crippen LogP contribution in [0.3, 0.4) is 0 Å². The summed E-state index contributed by atoms with van der Waals surface area (Å²) in [5.41, 5.74) is 10.1. The zero-order chi connectivity index (χ0) is 11.8. The van der Waals surface area contributed by atoms with E-state index in [2.05, 4.69) is 32.0 Å². The molecule has 0 aliphatic heterocycles. The molecule has 0 amide bonds. The maximum absolute atomic E-state index is 9.55. The van der Waals surface area contributed by atoms with Gasteiger partial charge in [-0.3, -0.25) is 0 Å². The number of aryl methyl sites for hydroxylation is 2. The van der Waals surface area contributed by atoms with Crippen molar-refractivity contribution in [3.05, 3.63) is 34.9 Å². The van der Waals surface area contributed by atoms with Gasteiger partial charge in [0.1, 0.15) is 0 Å². The molecule has 1 fully saturated rings. The minimum absolute atomic E-state index is 0.151. The molecule has 3 N–H and O–H groups in total.